The van der Waals surface area contributed by atoms with Gasteiger partial charge in [-0.2, -0.15) is 5.10 Å². The maximum Gasteiger partial charge on any atom is 0.332 e. The molecule has 0 bridgehead atoms. The molecule has 0 aliphatic heterocycles. The van der Waals surface area contributed by atoms with Crippen molar-refractivity contribution in [2.45, 2.75) is 0 Å². The number of nitrogens with one attached hydrogen (secondary N) is 1. The van der Waals surface area contributed by atoms with Gasteiger partial charge in [0.1, 0.15) is 17.3 Å². The average Bonchev–Trinajstić information content (AvgIpc) is 2.81. The Morgan fingerprint density at radius 1 is 1.42 bits per heavy atom. The third-order valence-electron chi connectivity index (χ3n) is 2.20. The van der Waals surface area contributed by atoms with Gasteiger partial charge in [0.2, 0.25) is 0 Å². The van der Waals surface area contributed by atoms with Gasteiger partial charge >= 0.3 is 6.03 Å². The van der Waals surface area contributed by atoms with Crippen LogP contribution in [0.5, 0.6) is 0 Å². The second-order valence-electron chi connectivity index (χ2n) is 3.57. The molecule has 2 aromatic rings. The number of amides is 2. The van der Waals surface area contributed by atoms with Crippen molar-refractivity contribution in [3.05, 3.63) is 46.9 Å². The van der Waals surface area contributed by atoms with Gasteiger partial charge in [-0.3, -0.25) is 0 Å². The minimum Gasteiger partial charge on any atom is -0.455 e. The van der Waals surface area contributed by atoms with E-state index in [1.54, 1.807) is 18.2 Å². The molecule has 98 valence electrons. The Bertz CT molecular complexity index is 640. The molecule has 1 heterocycles. The van der Waals surface area contributed by atoms with Gasteiger partial charge in [-0.1, -0.05) is 11.6 Å². The molecule has 0 fully saturated rings. The van der Waals surface area contributed by atoms with Crippen LogP contribution in [-0.2, 0) is 0 Å². The van der Waals surface area contributed by atoms with Crippen LogP contribution in [0.15, 0.2) is 39.9 Å². The Morgan fingerprint density at radius 3 is 2.89 bits per heavy atom. The number of urea groups is 1. The molecule has 0 unspecified atom stereocenters. The van der Waals surface area contributed by atoms with Crippen molar-refractivity contribution in [1.82, 2.24) is 5.43 Å². The maximum absolute atomic E-state index is 13.0. The average molecular weight is 282 g/mol. The Balaban J connectivity index is 2.18. The topological polar surface area (TPSA) is 80.6 Å². The predicted octanol–water partition coefficient (Wildman–Crippen LogP) is 2.74. The highest BCUT2D eigenvalue weighted by Gasteiger charge is 2.06. The Hall–Kier alpha value is -2.34. The van der Waals surface area contributed by atoms with Gasteiger partial charge in [0.15, 0.2) is 0 Å². The normalized spacial score (nSPS) is 10.8. The zero-order chi connectivity index (χ0) is 13.8. The van der Waals surface area contributed by atoms with Crippen molar-refractivity contribution < 1.29 is 13.6 Å². The molecule has 2 rings (SSSR count). The maximum atomic E-state index is 13.0. The highest BCUT2D eigenvalue weighted by Crippen LogP contribution is 2.26. The highest BCUT2D eigenvalue weighted by atomic mass is 35.5. The van der Waals surface area contributed by atoms with Crippen LogP contribution in [0.2, 0.25) is 5.02 Å². The molecule has 0 saturated heterocycles. The first-order valence-electron chi connectivity index (χ1n) is 5.20. The number of carbonyl (C=O) groups excluding carboxylic acids is 1. The molecule has 0 radical (unpaired) electrons. The van der Waals surface area contributed by atoms with Crippen LogP contribution in [0.3, 0.4) is 0 Å². The van der Waals surface area contributed by atoms with Crippen LogP contribution < -0.4 is 11.2 Å². The third kappa shape index (κ3) is 3.32. The van der Waals surface area contributed by atoms with E-state index in [-0.39, 0.29) is 5.02 Å². The van der Waals surface area contributed by atoms with E-state index in [2.05, 4.69) is 5.10 Å². The number of hydrazone groups is 1. The minimum atomic E-state index is -0.770. The number of hydrogen-bond acceptors (Lipinski definition) is 3. The van der Waals surface area contributed by atoms with E-state index in [1.807, 2.05) is 5.43 Å². The molecule has 3 N–H and O–H groups in total. The molecule has 0 aliphatic carbocycles. The number of nitrogens with zero attached hydrogens (tertiary/aromatic N) is 1. The zero-order valence-corrected chi connectivity index (χ0v) is 10.3. The van der Waals surface area contributed by atoms with Gasteiger partial charge in [0, 0.05) is 5.56 Å². The first kappa shape index (κ1) is 13.1. The van der Waals surface area contributed by atoms with Crippen LogP contribution in [0, 0.1) is 5.82 Å². The molecular formula is C12H9ClFN3O2. The molecular weight excluding hydrogens is 273 g/mol. The first-order valence-corrected chi connectivity index (χ1v) is 5.58. The summed E-state index contributed by atoms with van der Waals surface area (Å²) >= 11 is 5.68. The number of halogens is 2. The van der Waals surface area contributed by atoms with Crippen LogP contribution >= 0.6 is 11.6 Å². The highest BCUT2D eigenvalue weighted by molar-refractivity contribution is 6.31. The van der Waals surface area contributed by atoms with Crippen molar-refractivity contribution in [2.24, 2.45) is 10.8 Å². The molecule has 7 heteroatoms. The van der Waals surface area contributed by atoms with Gasteiger partial charge < -0.3 is 10.2 Å². The fraction of sp³-hybridized carbons (Fsp3) is 0. The lowest BCUT2D eigenvalue weighted by atomic mass is 10.2. The van der Waals surface area contributed by atoms with Crippen LogP contribution in [0.1, 0.15) is 5.76 Å². The molecule has 19 heavy (non-hydrogen) atoms. The second-order valence-corrected chi connectivity index (χ2v) is 3.97. The van der Waals surface area contributed by atoms with E-state index in [9.17, 15) is 9.18 Å². The summed E-state index contributed by atoms with van der Waals surface area (Å²) in [5.41, 5.74) is 7.51. The molecule has 0 spiro atoms. The van der Waals surface area contributed by atoms with Crippen molar-refractivity contribution in [3.63, 3.8) is 0 Å². The van der Waals surface area contributed by atoms with Gasteiger partial charge in [-0.25, -0.2) is 14.6 Å². The number of benzene rings is 1. The monoisotopic (exact) mass is 281 g/mol. The molecule has 5 nitrogen and oxygen atoms in total. The number of carbonyl (C=O) groups is 1. The summed E-state index contributed by atoms with van der Waals surface area (Å²) in [6.45, 7) is 0. The fourth-order valence-corrected chi connectivity index (χ4v) is 1.57. The summed E-state index contributed by atoms with van der Waals surface area (Å²) in [5.74, 6) is 0.413. The SMILES string of the molecule is NC(=O)N/N=C\c1ccc(-c2ccc(F)c(Cl)c2)o1. The quantitative estimate of drug-likeness (QED) is 0.670. The van der Waals surface area contributed by atoms with E-state index in [0.29, 0.717) is 17.1 Å². The Kier molecular flexibility index (Phi) is 3.82. The van der Waals surface area contributed by atoms with Crippen molar-refractivity contribution in [1.29, 1.82) is 0 Å². The van der Waals surface area contributed by atoms with E-state index >= 15 is 0 Å². The van der Waals surface area contributed by atoms with Crippen molar-refractivity contribution in [3.8, 4) is 11.3 Å². The summed E-state index contributed by atoms with van der Waals surface area (Å²) in [6, 6.07) is 6.80. The standard InChI is InChI=1S/C12H9ClFN3O2/c13-9-5-7(1-3-10(9)14)11-4-2-8(19-11)6-16-17-12(15)18/h1-6H,(H3,15,17,18)/b16-6-. The summed E-state index contributed by atoms with van der Waals surface area (Å²) in [7, 11) is 0. The largest absolute Gasteiger partial charge is 0.455 e. The van der Waals surface area contributed by atoms with Gasteiger partial charge in [-0.15, -0.1) is 0 Å². The lowest BCUT2D eigenvalue weighted by molar-refractivity contribution is 0.249. The van der Waals surface area contributed by atoms with Crippen molar-refractivity contribution in [2.75, 3.05) is 0 Å². The van der Waals surface area contributed by atoms with Crippen LogP contribution in [0.4, 0.5) is 9.18 Å². The van der Waals surface area contributed by atoms with E-state index in [4.69, 9.17) is 21.8 Å². The lowest BCUT2D eigenvalue weighted by Gasteiger charge is -1.98. The second kappa shape index (κ2) is 5.53. The van der Waals surface area contributed by atoms with Gasteiger partial charge in [0.25, 0.3) is 0 Å². The van der Waals surface area contributed by atoms with E-state index in [1.165, 1.54) is 18.3 Å². The lowest BCUT2D eigenvalue weighted by Crippen LogP contribution is -2.24. The number of nitrogens with two attached hydrogens (primary N) is 1. The minimum absolute atomic E-state index is 0.0134. The number of rotatable bonds is 3. The molecule has 0 aliphatic rings. The summed E-state index contributed by atoms with van der Waals surface area (Å²) < 4.78 is 18.4. The van der Waals surface area contributed by atoms with E-state index in [0.717, 1.165) is 0 Å². The van der Waals surface area contributed by atoms with Crippen LogP contribution in [-0.4, -0.2) is 12.2 Å². The molecule has 0 atom stereocenters. The predicted molar refractivity (Wildman–Crippen MR) is 69.4 cm³/mol. The van der Waals surface area contributed by atoms with Crippen LogP contribution in [0.25, 0.3) is 11.3 Å². The third-order valence-corrected chi connectivity index (χ3v) is 2.49. The van der Waals surface area contributed by atoms with E-state index < -0.39 is 11.8 Å². The molecule has 2 amide bonds. The number of primary amides is 1. The fourth-order valence-electron chi connectivity index (χ4n) is 1.39. The Morgan fingerprint density at radius 2 is 2.21 bits per heavy atom. The Labute approximate surface area is 112 Å². The molecule has 1 aromatic carbocycles. The first-order chi connectivity index (χ1) is 9.06. The van der Waals surface area contributed by atoms with Gasteiger partial charge in [-0.05, 0) is 30.3 Å². The molecule has 0 saturated carbocycles. The zero-order valence-electron chi connectivity index (χ0n) is 9.56. The van der Waals surface area contributed by atoms with Crippen molar-refractivity contribution >= 4 is 23.8 Å². The summed E-state index contributed by atoms with van der Waals surface area (Å²) in [4.78, 5) is 10.4. The van der Waals surface area contributed by atoms with Gasteiger partial charge in [0.05, 0.1) is 11.2 Å². The molecule has 1 aromatic heterocycles. The number of hydrogen-bond donors (Lipinski definition) is 2. The summed E-state index contributed by atoms with van der Waals surface area (Å²) in [6.07, 6.45) is 1.29. The smallest absolute Gasteiger partial charge is 0.332 e. The number of furan rings is 1. The summed E-state index contributed by atoms with van der Waals surface area (Å²) in [5, 5.41) is 3.56.